The van der Waals surface area contributed by atoms with Gasteiger partial charge in [-0.25, -0.2) is 4.98 Å². The Morgan fingerprint density at radius 3 is 1.12 bits per heavy atom. The fourth-order valence-corrected chi connectivity index (χ4v) is 17.3. The molecule has 6 atom stereocenters. The first kappa shape index (κ1) is 103. The molecule has 27 nitrogen and oxygen atoms in total. The summed E-state index contributed by atoms with van der Waals surface area (Å²) in [6.45, 7) is 20.2. The van der Waals surface area contributed by atoms with Crippen LogP contribution >= 0.6 is 58.0 Å². The summed E-state index contributed by atoms with van der Waals surface area (Å²) in [6.07, 6.45) is 6.87. The Kier molecular flexibility index (Phi) is 35.9. The Morgan fingerprint density at radius 1 is 0.410 bits per heavy atom. The van der Waals surface area contributed by atoms with E-state index in [0.717, 1.165) is 146 Å². The van der Waals surface area contributed by atoms with Crippen LogP contribution in [-0.2, 0) is 9.53 Å². The van der Waals surface area contributed by atoms with Crippen molar-refractivity contribution < 1.29 is 52.2 Å². The molecule has 9 aromatic carbocycles. The number of hydrogen-bond donors (Lipinski definition) is 13. The molecule has 0 spiro atoms. The number of nitrogens with one attached hydrogen (secondary N) is 13. The van der Waals surface area contributed by atoms with Crippen LogP contribution in [0.4, 0.5) is 0 Å². The number of H-pyrrole nitrogens is 6. The number of carbonyl (C=O) groups excluding carboxylic acids is 8. The van der Waals surface area contributed by atoms with E-state index in [1.807, 2.05) is 229 Å². The van der Waals surface area contributed by atoms with Crippen molar-refractivity contribution in [2.24, 2.45) is 17.8 Å². The number of benzene rings is 9. The van der Waals surface area contributed by atoms with Gasteiger partial charge in [0.25, 0.3) is 41.4 Å². The molecule has 8 amide bonds. The van der Waals surface area contributed by atoms with Gasteiger partial charge in [-0.15, -0.1) is 0 Å². The zero-order valence-electron chi connectivity index (χ0n) is 79.1. The molecule has 18 rings (SSSR count). The third-order valence-electron chi connectivity index (χ3n) is 24.3. The van der Waals surface area contributed by atoms with Gasteiger partial charge in [-0.1, -0.05) is 145 Å². The lowest BCUT2D eigenvalue weighted by Crippen LogP contribution is -2.45. The molecule has 0 bridgehead atoms. The molecule has 2 aliphatic rings. The highest BCUT2D eigenvalue weighted by Gasteiger charge is 2.29. The number of nitrogens with zero attached hydrogens (tertiary/aromatic N) is 3. The highest BCUT2D eigenvalue weighted by molar-refractivity contribution is 6.33. The van der Waals surface area contributed by atoms with Crippen LogP contribution in [-0.4, -0.2) is 165 Å². The summed E-state index contributed by atoms with van der Waals surface area (Å²) >= 11 is 29.9. The number of halogens is 5. The number of ether oxygens (including phenoxy) is 2. The van der Waals surface area contributed by atoms with E-state index in [9.17, 15) is 38.4 Å². The summed E-state index contributed by atoms with van der Waals surface area (Å²) < 4.78 is 16.2. The molecule has 0 aliphatic carbocycles. The Bertz CT molecular complexity index is 6900. The second-order valence-corrected chi connectivity index (χ2v) is 37.3. The van der Waals surface area contributed by atoms with Crippen LogP contribution in [0, 0.1) is 17.8 Å². The van der Waals surface area contributed by atoms with Crippen molar-refractivity contribution in [2.75, 3.05) is 60.6 Å². The number of likely N-dealkylation sites (N-methyl/N-ethyl adjacent to an activating group) is 1. The SMILES string of the molecule is CC(=O)N1CCC(C(C)NC(=O)c2cc3cc(Cl)ccc3[nH]2)CC1.CC(C)C(NC(=O)c1cc2cc(Cl)ccc2[nH]1)c1ccccc1.CC(NC(=O)c1cc2cc(Cl)ccc2[nH]1)C1CCOCC1.CC(NC(=O)c1cc2cc(Cl)ccc2[nH]1)c1ccc(OCCN(C)C)cc1.CC(NC(=O)c1cc2cc(Cl)ccc2[nH]1)c1ncco1.CNC(=O)c1ccc2[nH]c(C(=O)NC(C)c3ccccc3)cc2c1. The Labute approximate surface area is 831 Å². The number of piperidine rings is 1. The van der Waals surface area contributed by atoms with Crippen molar-refractivity contribution in [3.63, 3.8) is 0 Å². The van der Waals surface area contributed by atoms with Gasteiger partial charge in [0.05, 0.1) is 24.3 Å². The summed E-state index contributed by atoms with van der Waals surface area (Å²) in [5.74, 6) is 1.61. The van der Waals surface area contributed by atoms with Crippen LogP contribution < -0.4 is 42.0 Å². The third-order valence-corrected chi connectivity index (χ3v) is 25.5. The van der Waals surface area contributed by atoms with Crippen molar-refractivity contribution >= 4 is 171 Å². The molecule has 6 unspecified atom stereocenters. The number of hydrogen-bond acceptors (Lipinski definition) is 13. The molecule has 2 fully saturated rings. The summed E-state index contributed by atoms with van der Waals surface area (Å²) in [6, 6.07) is 70.9. The molecule has 32 heteroatoms. The normalized spacial score (nSPS) is 14.0. The number of amides is 8. The van der Waals surface area contributed by atoms with Crippen molar-refractivity contribution in [1.29, 1.82) is 0 Å². The molecular formula is C107H115Cl5N16O11. The van der Waals surface area contributed by atoms with E-state index in [0.29, 0.717) is 95.1 Å². The standard InChI is InChI=1S/C21H24ClN3O2.C19H19ClN2O.C19H19N3O2.C18H22ClN3O2.C16H19ClN2O2.C14H12ClN3O2/c1-14(15-4-7-18(8-5-15)27-11-10-25(2)3)23-21(26)20-13-16-12-17(22)6-9-19(16)24-20;1-12(2)18(13-6-4-3-5-7-13)22-19(23)17-11-14-10-15(20)8-9-16(14)21-17;1-12(13-6-4-3-5-7-13)21-19(24)17-11-15-10-14(18(23)20-2)8-9-16(15)22-17;1-11(13-5-7-22(8-6-13)12(2)23)20-18(24)17-10-14-9-15(19)3-4-16(14)21-17;1-10(11-4-6-21-7-5-11)18-16(20)15-9-12-8-13(17)2-3-14(12)19-15;1-8(14-16-4-5-20-14)17-13(19)12-7-9-6-10(15)2-3-11(9)18-12/h4-9,12-14,24H,10-11H2,1-3H3,(H,23,26);3-12,18,21H,1-2H3,(H,22,23);3-12,22H,1-2H3,(H,20,23)(H,21,24);3-4,9-11,13,21H,5-8H2,1-2H3,(H,20,24);2-3,8-11,19H,4-7H2,1H3,(H,18,20);2-8,18H,1H3,(H,17,19). The lowest BCUT2D eigenvalue weighted by molar-refractivity contribution is -0.130. The molecule has 9 heterocycles. The number of carbonyl (C=O) groups is 8. The van der Waals surface area contributed by atoms with Gasteiger partial charge in [-0.2, -0.15) is 0 Å². The van der Waals surface area contributed by atoms with Crippen LogP contribution in [0.1, 0.15) is 201 Å². The minimum atomic E-state index is -0.299. The number of likely N-dealkylation sites (tertiary alicyclic amines) is 1. The zero-order chi connectivity index (χ0) is 99.1. The lowest BCUT2D eigenvalue weighted by Gasteiger charge is -2.34. The largest absolute Gasteiger partial charge is 0.492 e. The number of rotatable bonds is 24. The van der Waals surface area contributed by atoms with Gasteiger partial charge in [0.2, 0.25) is 11.8 Å². The van der Waals surface area contributed by atoms with Crippen molar-refractivity contribution in [2.45, 2.75) is 117 Å². The maximum atomic E-state index is 12.6. The number of aromatic nitrogens is 7. The summed E-state index contributed by atoms with van der Waals surface area (Å²) in [5.41, 5.74) is 12.1. The number of aromatic amines is 6. The molecule has 13 N–H and O–H groups in total. The van der Waals surface area contributed by atoms with Gasteiger partial charge < -0.3 is 90.8 Å². The van der Waals surface area contributed by atoms with Gasteiger partial charge in [0, 0.05) is 155 Å². The van der Waals surface area contributed by atoms with E-state index in [2.05, 4.69) is 97.8 Å². The third kappa shape index (κ3) is 28.6. The van der Waals surface area contributed by atoms with E-state index in [1.54, 1.807) is 68.7 Å². The van der Waals surface area contributed by atoms with Crippen molar-refractivity contribution in [3.8, 4) is 5.75 Å². The number of fused-ring (bicyclic) bond motifs is 6. The van der Waals surface area contributed by atoms with Crippen LogP contribution in [0.5, 0.6) is 5.75 Å². The van der Waals surface area contributed by atoms with Crippen molar-refractivity contribution in [3.05, 3.63) is 330 Å². The maximum absolute atomic E-state index is 12.6. The fraction of sp³-hybridized carbons (Fsp3) is 0.280. The molecule has 7 aromatic heterocycles. The van der Waals surface area contributed by atoms with E-state index in [-0.39, 0.29) is 83.5 Å². The quantitative estimate of drug-likeness (QED) is 0.0268. The van der Waals surface area contributed by atoms with E-state index in [4.69, 9.17) is 71.9 Å². The minimum absolute atomic E-state index is 0.0290. The Balaban J connectivity index is 0.000000141. The second-order valence-electron chi connectivity index (χ2n) is 35.1. The van der Waals surface area contributed by atoms with Crippen molar-refractivity contribution in [1.82, 2.24) is 81.9 Å². The first-order valence-corrected chi connectivity index (χ1v) is 48.0. The summed E-state index contributed by atoms with van der Waals surface area (Å²) in [4.78, 5) is 124. The van der Waals surface area contributed by atoms with Crippen LogP contribution in [0.2, 0.25) is 25.1 Å². The minimum Gasteiger partial charge on any atom is -0.492 e. The first-order valence-electron chi connectivity index (χ1n) is 46.1. The predicted molar refractivity (Wildman–Crippen MR) is 553 cm³/mol. The van der Waals surface area contributed by atoms with Crippen LogP contribution in [0.25, 0.3) is 65.4 Å². The molecule has 2 aliphatic heterocycles. The monoisotopic (exact) mass is 1970 g/mol. The highest BCUT2D eigenvalue weighted by Crippen LogP contribution is 2.31. The fourth-order valence-electron chi connectivity index (χ4n) is 16.4. The molecule has 0 saturated carbocycles. The Hall–Kier alpha value is -13.6. The zero-order valence-corrected chi connectivity index (χ0v) is 82.9. The second kappa shape index (κ2) is 48.6. The average molecular weight is 1980 g/mol. The van der Waals surface area contributed by atoms with Gasteiger partial charge in [-0.3, -0.25) is 38.4 Å². The molecule has 724 valence electrons. The summed E-state index contributed by atoms with van der Waals surface area (Å²) in [5, 5.41) is 29.4. The van der Waals surface area contributed by atoms with Gasteiger partial charge in [-0.05, 0) is 267 Å². The molecule has 0 radical (unpaired) electrons. The average Bonchev–Trinajstić information content (AvgIpc) is 1.68. The topological polar surface area (TPSA) is 366 Å². The van der Waals surface area contributed by atoms with E-state index < -0.39 is 0 Å². The highest BCUT2D eigenvalue weighted by atomic mass is 35.5. The predicted octanol–water partition coefficient (Wildman–Crippen LogP) is 22.1. The number of oxazole rings is 1. The van der Waals surface area contributed by atoms with Crippen LogP contribution in [0.15, 0.2) is 247 Å². The Morgan fingerprint density at radius 2 is 0.755 bits per heavy atom. The molecule has 2 saturated heterocycles. The van der Waals surface area contributed by atoms with E-state index in [1.165, 1.54) is 6.26 Å². The molecule has 16 aromatic rings. The molecular weight excluding hydrogens is 1860 g/mol. The summed E-state index contributed by atoms with van der Waals surface area (Å²) in [7, 11) is 5.62. The van der Waals surface area contributed by atoms with Gasteiger partial charge >= 0.3 is 0 Å². The first-order chi connectivity index (χ1) is 66.7. The smallest absolute Gasteiger partial charge is 0.268 e. The van der Waals surface area contributed by atoms with Gasteiger partial charge in [0.15, 0.2) is 0 Å². The van der Waals surface area contributed by atoms with Gasteiger partial charge in [0.1, 0.15) is 58.8 Å². The van der Waals surface area contributed by atoms with Crippen LogP contribution in [0.3, 0.4) is 0 Å². The maximum Gasteiger partial charge on any atom is 0.268 e. The lowest BCUT2D eigenvalue weighted by atomic mass is 9.90. The molecule has 139 heavy (non-hydrogen) atoms. The van der Waals surface area contributed by atoms with E-state index >= 15 is 0 Å².